The highest BCUT2D eigenvalue weighted by molar-refractivity contribution is 7.84. The second-order valence-corrected chi connectivity index (χ2v) is 5.86. The van der Waals surface area contributed by atoms with Crippen molar-refractivity contribution in [3.63, 3.8) is 0 Å². The largest absolute Gasteiger partial charge is 0.330 e. The number of nitrogens with two attached hydrogens (primary N) is 1. The first-order valence-corrected chi connectivity index (χ1v) is 7.23. The molecule has 0 aliphatic carbocycles. The molecule has 16 heavy (non-hydrogen) atoms. The summed E-state index contributed by atoms with van der Waals surface area (Å²) >= 11 is 0. The Morgan fingerprint density at radius 2 is 1.75 bits per heavy atom. The summed E-state index contributed by atoms with van der Waals surface area (Å²) in [6.07, 6.45) is 1.94. The van der Waals surface area contributed by atoms with Crippen molar-refractivity contribution >= 4 is 10.8 Å². The van der Waals surface area contributed by atoms with E-state index in [-0.39, 0.29) is 0 Å². The van der Waals surface area contributed by atoms with Crippen LogP contribution in [0.2, 0.25) is 0 Å². The van der Waals surface area contributed by atoms with Crippen molar-refractivity contribution in [3.8, 4) is 0 Å². The monoisotopic (exact) mass is 239 g/mol. The van der Waals surface area contributed by atoms with Crippen LogP contribution in [0.3, 0.4) is 0 Å². The molecule has 1 aromatic carbocycles. The number of unbranched alkanes of at least 4 members (excludes halogenated alkanes) is 1. The zero-order chi connectivity index (χ0) is 12.0. The van der Waals surface area contributed by atoms with Gasteiger partial charge >= 0.3 is 0 Å². The van der Waals surface area contributed by atoms with Gasteiger partial charge in [-0.3, -0.25) is 4.21 Å². The Labute approximate surface area is 101 Å². The van der Waals surface area contributed by atoms with Crippen molar-refractivity contribution in [2.45, 2.75) is 32.4 Å². The summed E-state index contributed by atoms with van der Waals surface area (Å²) in [5, 5.41) is 0. The van der Waals surface area contributed by atoms with Crippen LogP contribution in [-0.4, -0.2) is 16.5 Å². The first-order valence-electron chi connectivity index (χ1n) is 5.74. The molecule has 0 aliphatic heterocycles. The molecule has 0 saturated carbocycles. The molecule has 0 radical (unpaired) electrons. The lowest BCUT2D eigenvalue weighted by molar-refractivity contribution is 0.677. The van der Waals surface area contributed by atoms with E-state index in [0.717, 1.165) is 18.6 Å². The van der Waals surface area contributed by atoms with E-state index in [4.69, 9.17) is 5.73 Å². The molecule has 3 heteroatoms. The van der Waals surface area contributed by atoms with Gasteiger partial charge in [0.25, 0.3) is 0 Å². The van der Waals surface area contributed by atoms with Crippen LogP contribution in [0, 0.1) is 13.8 Å². The van der Waals surface area contributed by atoms with Gasteiger partial charge in [-0.2, -0.15) is 0 Å². The number of benzene rings is 1. The Morgan fingerprint density at radius 1 is 1.12 bits per heavy atom. The zero-order valence-electron chi connectivity index (χ0n) is 10.2. The average Bonchev–Trinajstić information content (AvgIpc) is 2.16. The van der Waals surface area contributed by atoms with Gasteiger partial charge in [0.05, 0.1) is 0 Å². The van der Waals surface area contributed by atoms with Gasteiger partial charge in [-0.15, -0.1) is 0 Å². The Balaban J connectivity index is 2.49. The molecule has 0 bridgehead atoms. The molecular weight excluding hydrogens is 218 g/mol. The van der Waals surface area contributed by atoms with Gasteiger partial charge in [0.15, 0.2) is 0 Å². The van der Waals surface area contributed by atoms with Gasteiger partial charge in [-0.1, -0.05) is 29.3 Å². The van der Waals surface area contributed by atoms with Gasteiger partial charge in [0.2, 0.25) is 0 Å². The average molecular weight is 239 g/mol. The fourth-order valence-corrected chi connectivity index (χ4v) is 3.03. The molecule has 2 N–H and O–H groups in total. The fourth-order valence-electron chi connectivity index (χ4n) is 1.82. The van der Waals surface area contributed by atoms with Crippen molar-refractivity contribution in [2.24, 2.45) is 5.73 Å². The summed E-state index contributed by atoms with van der Waals surface area (Å²) in [6, 6.07) is 6.38. The van der Waals surface area contributed by atoms with E-state index in [1.54, 1.807) is 0 Å². The summed E-state index contributed by atoms with van der Waals surface area (Å²) in [7, 11) is -0.745. The number of aryl methyl sites for hydroxylation is 2. The molecule has 0 spiro atoms. The fraction of sp³-hybridized carbons (Fsp3) is 0.538. The zero-order valence-corrected chi connectivity index (χ0v) is 11.0. The maximum atomic E-state index is 11.8. The van der Waals surface area contributed by atoms with E-state index in [2.05, 4.69) is 32.0 Å². The maximum Gasteiger partial charge on any atom is 0.0485 e. The molecule has 0 aromatic heterocycles. The standard InChI is InChI=1S/C13H21NOS/c1-11-7-12(2)9-13(8-11)10-16(15)6-4-3-5-14/h7-9H,3-6,10,14H2,1-2H3. The second kappa shape index (κ2) is 6.81. The van der Waals surface area contributed by atoms with Crippen LogP contribution in [0.4, 0.5) is 0 Å². The summed E-state index contributed by atoms with van der Waals surface area (Å²) < 4.78 is 11.8. The smallest absolute Gasteiger partial charge is 0.0485 e. The van der Waals surface area contributed by atoms with E-state index in [0.29, 0.717) is 12.3 Å². The van der Waals surface area contributed by atoms with Gasteiger partial charge < -0.3 is 5.73 Å². The van der Waals surface area contributed by atoms with Crippen LogP contribution in [0.25, 0.3) is 0 Å². The van der Waals surface area contributed by atoms with Gasteiger partial charge in [0, 0.05) is 22.3 Å². The molecule has 90 valence electrons. The highest BCUT2D eigenvalue weighted by Crippen LogP contribution is 2.11. The van der Waals surface area contributed by atoms with Gasteiger partial charge in [-0.05, 0) is 38.8 Å². The van der Waals surface area contributed by atoms with Crippen LogP contribution >= 0.6 is 0 Å². The molecule has 1 aromatic rings. The number of rotatable bonds is 6. The van der Waals surface area contributed by atoms with E-state index in [1.807, 2.05) is 0 Å². The molecule has 0 aliphatic rings. The summed E-state index contributed by atoms with van der Waals surface area (Å²) in [5.74, 6) is 1.44. The van der Waals surface area contributed by atoms with Crippen LogP contribution in [-0.2, 0) is 16.6 Å². The molecule has 0 fully saturated rings. The highest BCUT2D eigenvalue weighted by atomic mass is 32.2. The van der Waals surface area contributed by atoms with Crippen molar-refractivity contribution < 1.29 is 4.21 Å². The van der Waals surface area contributed by atoms with Crippen molar-refractivity contribution in [1.29, 1.82) is 0 Å². The van der Waals surface area contributed by atoms with Gasteiger partial charge in [-0.25, -0.2) is 0 Å². The Hall–Kier alpha value is -0.670. The molecule has 1 unspecified atom stereocenters. The third kappa shape index (κ3) is 4.90. The number of hydrogen-bond acceptors (Lipinski definition) is 2. The maximum absolute atomic E-state index is 11.8. The van der Waals surface area contributed by atoms with Crippen molar-refractivity contribution in [2.75, 3.05) is 12.3 Å². The lowest BCUT2D eigenvalue weighted by Gasteiger charge is -2.05. The van der Waals surface area contributed by atoms with E-state index in [1.165, 1.54) is 16.7 Å². The summed E-state index contributed by atoms with van der Waals surface area (Å²) in [4.78, 5) is 0. The Morgan fingerprint density at radius 3 is 2.31 bits per heavy atom. The molecule has 0 heterocycles. The van der Waals surface area contributed by atoms with Crippen LogP contribution < -0.4 is 5.73 Å². The molecule has 2 nitrogen and oxygen atoms in total. The van der Waals surface area contributed by atoms with E-state index in [9.17, 15) is 4.21 Å². The highest BCUT2D eigenvalue weighted by Gasteiger charge is 2.02. The minimum absolute atomic E-state index is 0.674. The number of hydrogen-bond donors (Lipinski definition) is 1. The lowest BCUT2D eigenvalue weighted by atomic mass is 10.1. The molecule has 1 rings (SSSR count). The van der Waals surface area contributed by atoms with E-state index < -0.39 is 10.8 Å². The molecular formula is C13H21NOS. The summed E-state index contributed by atoms with van der Waals surface area (Å²) in [5.41, 5.74) is 9.08. The van der Waals surface area contributed by atoms with Crippen LogP contribution in [0.1, 0.15) is 29.5 Å². The normalized spacial score (nSPS) is 12.7. The lowest BCUT2D eigenvalue weighted by Crippen LogP contribution is -2.05. The molecule has 1 atom stereocenters. The van der Waals surface area contributed by atoms with Crippen molar-refractivity contribution in [3.05, 3.63) is 34.9 Å². The minimum atomic E-state index is -0.745. The quantitative estimate of drug-likeness (QED) is 0.774. The Bertz CT molecular complexity index is 343. The SMILES string of the molecule is Cc1cc(C)cc(CS(=O)CCCCN)c1. The summed E-state index contributed by atoms with van der Waals surface area (Å²) in [6.45, 7) is 4.85. The van der Waals surface area contributed by atoms with Crippen LogP contribution in [0.5, 0.6) is 0 Å². The van der Waals surface area contributed by atoms with Gasteiger partial charge in [0.1, 0.15) is 0 Å². The predicted octanol–water partition coefficient (Wildman–Crippen LogP) is 2.29. The second-order valence-electron chi connectivity index (χ2n) is 4.28. The predicted molar refractivity (Wildman–Crippen MR) is 70.9 cm³/mol. The first-order chi connectivity index (χ1) is 7.61. The van der Waals surface area contributed by atoms with E-state index >= 15 is 0 Å². The Kier molecular flexibility index (Phi) is 5.71. The van der Waals surface area contributed by atoms with Crippen molar-refractivity contribution in [1.82, 2.24) is 0 Å². The first kappa shape index (κ1) is 13.4. The molecule has 0 amide bonds. The topological polar surface area (TPSA) is 43.1 Å². The third-order valence-electron chi connectivity index (χ3n) is 2.44. The van der Waals surface area contributed by atoms with Crippen LogP contribution in [0.15, 0.2) is 18.2 Å². The third-order valence-corrected chi connectivity index (χ3v) is 3.83. The minimum Gasteiger partial charge on any atom is -0.330 e. The molecule has 0 saturated heterocycles.